The highest BCUT2D eigenvalue weighted by Gasteiger charge is 2.39. The Morgan fingerprint density at radius 1 is 1.11 bits per heavy atom. The Bertz CT molecular complexity index is 277. The van der Waals surface area contributed by atoms with Gasteiger partial charge in [-0.1, -0.05) is 33.6 Å². The minimum Gasteiger partial charge on any atom is -0.329 e. The highest BCUT2D eigenvalue weighted by molar-refractivity contribution is 4.98. The fourth-order valence-corrected chi connectivity index (χ4v) is 4.33. The molecule has 19 heavy (non-hydrogen) atoms. The van der Waals surface area contributed by atoms with Gasteiger partial charge in [-0.15, -0.1) is 0 Å². The first-order valence-corrected chi connectivity index (χ1v) is 8.46. The van der Waals surface area contributed by atoms with Crippen molar-refractivity contribution < 1.29 is 0 Å². The second-order valence-electron chi connectivity index (χ2n) is 7.96. The van der Waals surface area contributed by atoms with Crippen molar-refractivity contribution >= 4 is 0 Å². The summed E-state index contributed by atoms with van der Waals surface area (Å²) in [6, 6.07) is 0.710. The van der Waals surface area contributed by atoms with Crippen LogP contribution in [0.3, 0.4) is 0 Å². The van der Waals surface area contributed by atoms with Gasteiger partial charge in [-0.05, 0) is 56.3 Å². The van der Waals surface area contributed by atoms with Crippen LogP contribution in [0.1, 0.15) is 78.6 Å². The van der Waals surface area contributed by atoms with E-state index in [1.165, 1.54) is 57.8 Å². The highest BCUT2D eigenvalue weighted by atomic mass is 15.0. The first kappa shape index (κ1) is 15.3. The monoisotopic (exact) mass is 266 g/mol. The number of rotatable bonds is 5. The summed E-state index contributed by atoms with van der Waals surface area (Å²) in [5.74, 6) is 0.964. The summed E-state index contributed by atoms with van der Waals surface area (Å²) in [7, 11) is 0. The van der Waals surface area contributed by atoms with Crippen LogP contribution in [0.25, 0.3) is 0 Å². The normalized spacial score (nSPS) is 38.5. The van der Waals surface area contributed by atoms with E-state index in [9.17, 15) is 0 Å². The number of nitrogens with one attached hydrogen (secondary N) is 1. The second kappa shape index (κ2) is 6.13. The lowest BCUT2D eigenvalue weighted by atomic mass is 9.74. The molecule has 0 spiro atoms. The van der Waals surface area contributed by atoms with E-state index in [0.717, 1.165) is 12.5 Å². The molecule has 2 aliphatic rings. The molecule has 112 valence electrons. The van der Waals surface area contributed by atoms with Crippen molar-refractivity contribution in [1.82, 2.24) is 5.32 Å². The van der Waals surface area contributed by atoms with E-state index in [2.05, 4.69) is 26.1 Å². The molecule has 0 heterocycles. The van der Waals surface area contributed by atoms with Crippen LogP contribution in [0.2, 0.25) is 0 Å². The van der Waals surface area contributed by atoms with Crippen LogP contribution in [-0.4, -0.2) is 18.1 Å². The van der Waals surface area contributed by atoms with E-state index in [1.807, 2.05) is 0 Å². The summed E-state index contributed by atoms with van der Waals surface area (Å²) in [5, 5.41) is 3.97. The summed E-state index contributed by atoms with van der Waals surface area (Å²) in [5.41, 5.74) is 6.93. The Kier molecular flexibility index (Phi) is 4.94. The molecule has 0 saturated heterocycles. The predicted molar refractivity (Wildman–Crippen MR) is 83.2 cm³/mol. The van der Waals surface area contributed by atoms with Crippen molar-refractivity contribution in [2.24, 2.45) is 17.1 Å². The Labute approximate surface area is 119 Å². The van der Waals surface area contributed by atoms with E-state index < -0.39 is 0 Å². The zero-order chi connectivity index (χ0) is 13.9. The number of hydrogen-bond acceptors (Lipinski definition) is 2. The summed E-state index contributed by atoms with van der Waals surface area (Å²) in [6.07, 6.45) is 12.1. The molecular weight excluding hydrogens is 232 g/mol. The molecule has 2 aliphatic carbocycles. The molecular formula is C17H34N2. The van der Waals surface area contributed by atoms with Gasteiger partial charge in [0.25, 0.3) is 0 Å². The fourth-order valence-electron chi connectivity index (χ4n) is 4.33. The smallest absolute Gasteiger partial charge is 0.0306 e. The first-order valence-electron chi connectivity index (χ1n) is 8.46. The van der Waals surface area contributed by atoms with Crippen molar-refractivity contribution in [3.05, 3.63) is 0 Å². The highest BCUT2D eigenvalue weighted by Crippen LogP contribution is 2.40. The Morgan fingerprint density at radius 2 is 1.79 bits per heavy atom. The predicted octanol–water partition coefficient (Wildman–Crippen LogP) is 3.84. The van der Waals surface area contributed by atoms with Crippen LogP contribution in [-0.2, 0) is 0 Å². The van der Waals surface area contributed by atoms with Crippen molar-refractivity contribution in [3.63, 3.8) is 0 Å². The molecule has 0 aromatic heterocycles. The molecule has 2 heteroatoms. The van der Waals surface area contributed by atoms with Gasteiger partial charge in [0.2, 0.25) is 0 Å². The molecule has 0 aromatic rings. The van der Waals surface area contributed by atoms with Gasteiger partial charge in [-0.2, -0.15) is 0 Å². The molecule has 1 atom stereocenters. The topological polar surface area (TPSA) is 38.0 Å². The lowest BCUT2D eigenvalue weighted by Crippen LogP contribution is -2.56. The Hall–Kier alpha value is -0.0800. The first-order chi connectivity index (χ1) is 8.99. The molecule has 2 rings (SSSR count). The molecule has 3 N–H and O–H groups in total. The lowest BCUT2D eigenvalue weighted by Gasteiger charge is -2.42. The average molecular weight is 266 g/mol. The van der Waals surface area contributed by atoms with Gasteiger partial charge in [0, 0.05) is 18.1 Å². The summed E-state index contributed by atoms with van der Waals surface area (Å²) in [4.78, 5) is 0. The molecule has 2 nitrogen and oxygen atoms in total. The van der Waals surface area contributed by atoms with E-state index in [1.54, 1.807) is 0 Å². The molecule has 2 fully saturated rings. The number of hydrogen-bond donors (Lipinski definition) is 2. The van der Waals surface area contributed by atoms with Gasteiger partial charge in [-0.3, -0.25) is 0 Å². The molecule has 0 aromatic carbocycles. The number of nitrogens with two attached hydrogens (primary N) is 1. The fraction of sp³-hybridized carbons (Fsp3) is 1.00. The van der Waals surface area contributed by atoms with Crippen LogP contribution >= 0.6 is 0 Å². The van der Waals surface area contributed by atoms with Gasteiger partial charge < -0.3 is 11.1 Å². The maximum Gasteiger partial charge on any atom is 0.0306 e. The third-order valence-electron chi connectivity index (χ3n) is 5.63. The minimum absolute atomic E-state index is 0.259. The Morgan fingerprint density at radius 3 is 2.26 bits per heavy atom. The molecule has 2 saturated carbocycles. The van der Waals surface area contributed by atoms with E-state index >= 15 is 0 Å². The average Bonchev–Trinajstić information content (AvgIpc) is 2.71. The van der Waals surface area contributed by atoms with Crippen molar-refractivity contribution in [2.45, 2.75) is 90.1 Å². The maximum absolute atomic E-state index is 6.14. The zero-order valence-corrected chi connectivity index (χ0v) is 13.3. The van der Waals surface area contributed by atoms with Crippen LogP contribution in [0.4, 0.5) is 0 Å². The summed E-state index contributed by atoms with van der Waals surface area (Å²) in [6.45, 7) is 7.94. The van der Waals surface area contributed by atoms with Gasteiger partial charge in [-0.25, -0.2) is 0 Å². The summed E-state index contributed by atoms with van der Waals surface area (Å²) < 4.78 is 0. The van der Waals surface area contributed by atoms with Crippen LogP contribution in [0.5, 0.6) is 0 Å². The van der Waals surface area contributed by atoms with E-state index in [0.29, 0.717) is 11.5 Å². The largest absolute Gasteiger partial charge is 0.329 e. The molecule has 0 amide bonds. The van der Waals surface area contributed by atoms with Crippen molar-refractivity contribution in [1.29, 1.82) is 0 Å². The van der Waals surface area contributed by atoms with Crippen LogP contribution < -0.4 is 11.1 Å². The molecule has 0 radical (unpaired) electrons. The SMILES string of the molecule is CCCC1CCC(CN)(NC2CCC(C)(C)C2)CC1. The van der Waals surface area contributed by atoms with Crippen LogP contribution in [0, 0.1) is 11.3 Å². The third kappa shape index (κ3) is 3.95. The van der Waals surface area contributed by atoms with Crippen molar-refractivity contribution in [3.8, 4) is 0 Å². The standard InChI is InChI=1S/C17H34N2/c1-4-5-14-6-10-17(13-18,11-7-14)19-15-8-9-16(2,3)12-15/h14-15,19H,4-13,18H2,1-3H3. The summed E-state index contributed by atoms with van der Waals surface area (Å²) >= 11 is 0. The van der Waals surface area contributed by atoms with E-state index in [4.69, 9.17) is 5.73 Å². The van der Waals surface area contributed by atoms with Gasteiger partial charge in [0.15, 0.2) is 0 Å². The third-order valence-corrected chi connectivity index (χ3v) is 5.63. The van der Waals surface area contributed by atoms with Crippen molar-refractivity contribution in [2.75, 3.05) is 6.54 Å². The zero-order valence-electron chi connectivity index (χ0n) is 13.3. The van der Waals surface area contributed by atoms with Gasteiger partial charge in [0.1, 0.15) is 0 Å². The maximum atomic E-state index is 6.14. The second-order valence-corrected chi connectivity index (χ2v) is 7.96. The molecule has 0 aliphatic heterocycles. The lowest BCUT2D eigenvalue weighted by molar-refractivity contribution is 0.168. The van der Waals surface area contributed by atoms with E-state index in [-0.39, 0.29) is 5.54 Å². The Balaban J connectivity index is 1.86. The quantitative estimate of drug-likeness (QED) is 0.793. The van der Waals surface area contributed by atoms with Gasteiger partial charge in [0.05, 0.1) is 0 Å². The van der Waals surface area contributed by atoms with Crippen LogP contribution in [0.15, 0.2) is 0 Å². The molecule has 0 bridgehead atoms. The molecule has 1 unspecified atom stereocenters. The minimum atomic E-state index is 0.259. The van der Waals surface area contributed by atoms with Gasteiger partial charge >= 0.3 is 0 Å².